The second kappa shape index (κ2) is 8.91. The number of carbonyl (C=O) groups is 1. The fourth-order valence-corrected chi connectivity index (χ4v) is 5.48. The van der Waals surface area contributed by atoms with E-state index in [0.717, 1.165) is 25.1 Å². The summed E-state index contributed by atoms with van der Waals surface area (Å²) in [5.41, 5.74) is -0.136. The van der Waals surface area contributed by atoms with Crippen LogP contribution in [0.3, 0.4) is 0 Å². The molecule has 1 saturated carbocycles. The van der Waals surface area contributed by atoms with Crippen molar-refractivity contribution in [3.8, 4) is 0 Å². The van der Waals surface area contributed by atoms with Crippen LogP contribution < -0.4 is 5.32 Å². The van der Waals surface area contributed by atoms with Crippen LogP contribution >= 0.6 is 0 Å². The molecule has 1 saturated heterocycles. The van der Waals surface area contributed by atoms with Crippen molar-refractivity contribution in [1.29, 1.82) is 0 Å². The van der Waals surface area contributed by atoms with Gasteiger partial charge in [-0.15, -0.1) is 0 Å². The van der Waals surface area contributed by atoms with Crippen LogP contribution in [0.5, 0.6) is 0 Å². The number of carbonyl (C=O) groups excluding carboxylic acids is 1. The lowest BCUT2D eigenvalue weighted by atomic mass is 9.74. The third-order valence-corrected chi connectivity index (χ3v) is 7.52. The molecule has 0 spiro atoms. The minimum atomic E-state index is -4.44. The Labute approximate surface area is 186 Å². The number of nitrogens with one attached hydrogen (secondary N) is 1. The van der Waals surface area contributed by atoms with Gasteiger partial charge in [0.15, 0.2) is 0 Å². The van der Waals surface area contributed by atoms with E-state index in [4.69, 9.17) is 9.47 Å². The zero-order chi connectivity index (χ0) is 23.1. The molecule has 2 aliphatic heterocycles. The van der Waals surface area contributed by atoms with Gasteiger partial charge in [-0.05, 0) is 36.8 Å². The SMILES string of the molecule is COC1COCC1N[C@@H]1CC[C@@](C(=O)N2CCc3ncc(C(F)(F)F)cc3C2)(C(C)C)C1. The van der Waals surface area contributed by atoms with Gasteiger partial charge in [-0.3, -0.25) is 9.78 Å². The van der Waals surface area contributed by atoms with Crippen LogP contribution in [0.15, 0.2) is 12.3 Å². The molecule has 1 aromatic heterocycles. The Bertz CT molecular complexity index is 848. The number of ether oxygens (including phenoxy) is 2. The molecule has 178 valence electrons. The molecule has 1 amide bonds. The van der Waals surface area contributed by atoms with Crippen molar-refractivity contribution in [2.45, 2.75) is 70.4 Å². The van der Waals surface area contributed by atoms with Gasteiger partial charge in [-0.1, -0.05) is 13.8 Å². The predicted molar refractivity (Wildman–Crippen MR) is 112 cm³/mol. The monoisotopic (exact) mass is 455 g/mol. The molecule has 1 aromatic rings. The molecule has 2 fully saturated rings. The first-order chi connectivity index (χ1) is 15.1. The van der Waals surface area contributed by atoms with Gasteiger partial charge in [0.1, 0.15) is 0 Å². The van der Waals surface area contributed by atoms with Gasteiger partial charge >= 0.3 is 6.18 Å². The summed E-state index contributed by atoms with van der Waals surface area (Å²) in [4.78, 5) is 19.5. The van der Waals surface area contributed by atoms with Crippen LogP contribution in [-0.2, 0) is 33.4 Å². The Kier molecular flexibility index (Phi) is 6.53. The van der Waals surface area contributed by atoms with Gasteiger partial charge in [-0.25, -0.2) is 0 Å². The largest absolute Gasteiger partial charge is 0.417 e. The summed E-state index contributed by atoms with van der Waals surface area (Å²) in [6.45, 7) is 5.96. The second-order valence-electron chi connectivity index (χ2n) is 9.64. The number of rotatable bonds is 5. The summed E-state index contributed by atoms with van der Waals surface area (Å²) in [5.74, 6) is 0.173. The lowest BCUT2D eigenvalue weighted by molar-refractivity contribution is -0.146. The zero-order valence-corrected chi connectivity index (χ0v) is 18.9. The number of aromatic nitrogens is 1. The topological polar surface area (TPSA) is 63.7 Å². The number of amides is 1. The van der Waals surface area contributed by atoms with Crippen LogP contribution in [0.4, 0.5) is 13.2 Å². The molecular weight excluding hydrogens is 423 g/mol. The van der Waals surface area contributed by atoms with Crippen molar-refractivity contribution in [1.82, 2.24) is 15.2 Å². The summed E-state index contributed by atoms with van der Waals surface area (Å²) in [6.07, 6.45) is -0.725. The first-order valence-corrected chi connectivity index (χ1v) is 11.3. The molecule has 2 unspecified atom stereocenters. The number of pyridine rings is 1. The number of hydrogen-bond donors (Lipinski definition) is 1. The normalized spacial score (nSPS) is 30.7. The quantitative estimate of drug-likeness (QED) is 0.739. The lowest BCUT2D eigenvalue weighted by Crippen LogP contribution is -2.49. The molecule has 0 radical (unpaired) electrons. The highest BCUT2D eigenvalue weighted by atomic mass is 19.4. The maximum Gasteiger partial charge on any atom is 0.417 e. The van der Waals surface area contributed by atoms with E-state index < -0.39 is 17.2 Å². The van der Waals surface area contributed by atoms with Gasteiger partial charge in [0.05, 0.1) is 36.3 Å². The minimum absolute atomic E-state index is 0.00803. The van der Waals surface area contributed by atoms with Gasteiger partial charge in [0, 0.05) is 44.6 Å². The van der Waals surface area contributed by atoms with E-state index in [1.165, 1.54) is 0 Å². The highest BCUT2D eigenvalue weighted by Gasteiger charge is 2.50. The molecule has 4 rings (SSSR count). The third-order valence-electron chi connectivity index (χ3n) is 7.52. The summed E-state index contributed by atoms with van der Waals surface area (Å²) < 4.78 is 50.5. The number of halogens is 3. The molecule has 0 bridgehead atoms. The van der Waals surface area contributed by atoms with Crippen molar-refractivity contribution in [2.24, 2.45) is 11.3 Å². The molecule has 4 atom stereocenters. The first-order valence-electron chi connectivity index (χ1n) is 11.3. The predicted octanol–water partition coefficient (Wildman–Crippen LogP) is 3.18. The van der Waals surface area contributed by atoms with E-state index >= 15 is 0 Å². The Balaban J connectivity index is 1.48. The smallest absolute Gasteiger partial charge is 0.377 e. The van der Waals surface area contributed by atoms with Crippen LogP contribution in [0.25, 0.3) is 0 Å². The van der Waals surface area contributed by atoms with E-state index in [2.05, 4.69) is 24.1 Å². The van der Waals surface area contributed by atoms with Gasteiger partial charge in [-0.2, -0.15) is 13.2 Å². The molecule has 1 N–H and O–H groups in total. The van der Waals surface area contributed by atoms with Crippen molar-refractivity contribution < 1.29 is 27.4 Å². The first kappa shape index (κ1) is 23.4. The Morgan fingerprint density at radius 1 is 1.38 bits per heavy atom. The minimum Gasteiger partial charge on any atom is -0.377 e. The number of methoxy groups -OCH3 is 1. The van der Waals surface area contributed by atoms with Gasteiger partial charge < -0.3 is 19.7 Å². The van der Waals surface area contributed by atoms with Crippen LogP contribution in [-0.4, -0.2) is 60.8 Å². The Morgan fingerprint density at radius 2 is 2.16 bits per heavy atom. The molecule has 3 aliphatic rings. The number of hydrogen-bond acceptors (Lipinski definition) is 5. The summed E-state index contributed by atoms with van der Waals surface area (Å²) in [5, 5.41) is 3.63. The van der Waals surface area contributed by atoms with E-state index in [1.54, 1.807) is 12.0 Å². The van der Waals surface area contributed by atoms with E-state index in [0.29, 0.717) is 43.9 Å². The van der Waals surface area contributed by atoms with Crippen molar-refractivity contribution in [2.75, 3.05) is 26.9 Å². The maximum absolute atomic E-state index is 13.8. The average molecular weight is 456 g/mol. The van der Waals surface area contributed by atoms with Crippen LogP contribution in [0.1, 0.15) is 49.9 Å². The molecule has 0 aromatic carbocycles. The number of fused-ring (bicyclic) bond motifs is 1. The second-order valence-corrected chi connectivity index (χ2v) is 9.64. The highest BCUT2D eigenvalue weighted by Crippen LogP contribution is 2.46. The third kappa shape index (κ3) is 4.39. The standard InChI is InChI=1S/C23H32F3N3O3/c1-14(2)22(6-4-17(9-22)28-19-12-32-13-20(19)31-3)21(30)29-7-5-18-15(11-29)8-16(10-27-18)23(24,25)26/h8,10,14,17,19-20,28H,4-7,9,11-13H2,1-3H3/t17-,19?,20?,22+/m1/s1. The molecule has 6 nitrogen and oxygen atoms in total. The van der Waals surface area contributed by atoms with E-state index in [9.17, 15) is 18.0 Å². The zero-order valence-electron chi connectivity index (χ0n) is 18.9. The fourth-order valence-electron chi connectivity index (χ4n) is 5.48. The fraction of sp³-hybridized carbons (Fsp3) is 0.739. The molecule has 32 heavy (non-hydrogen) atoms. The summed E-state index contributed by atoms with van der Waals surface area (Å²) in [6, 6.07) is 1.44. The molecule has 9 heteroatoms. The van der Waals surface area contributed by atoms with Gasteiger partial charge in [0.2, 0.25) is 5.91 Å². The number of alkyl halides is 3. The lowest BCUT2D eigenvalue weighted by Gasteiger charge is -2.39. The van der Waals surface area contributed by atoms with Crippen molar-refractivity contribution in [3.05, 3.63) is 29.1 Å². The van der Waals surface area contributed by atoms with Gasteiger partial charge in [0.25, 0.3) is 0 Å². The van der Waals surface area contributed by atoms with E-state index in [-0.39, 0.29) is 36.6 Å². The van der Waals surface area contributed by atoms with Crippen molar-refractivity contribution in [3.63, 3.8) is 0 Å². The highest BCUT2D eigenvalue weighted by molar-refractivity contribution is 5.83. The van der Waals surface area contributed by atoms with Crippen molar-refractivity contribution >= 4 is 5.91 Å². The molecule has 3 heterocycles. The number of nitrogens with zero attached hydrogens (tertiary/aromatic N) is 2. The van der Waals surface area contributed by atoms with E-state index in [1.807, 2.05) is 0 Å². The Hall–Kier alpha value is -1.71. The summed E-state index contributed by atoms with van der Waals surface area (Å²) in [7, 11) is 1.68. The molecule has 1 aliphatic carbocycles. The van der Waals surface area contributed by atoms with Crippen LogP contribution in [0, 0.1) is 11.3 Å². The summed E-state index contributed by atoms with van der Waals surface area (Å²) >= 11 is 0. The average Bonchev–Trinajstić information content (AvgIpc) is 3.39. The Morgan fingerprint density at radius 3 is 2.84 bits per heavy atom. The molecular formula is C23H32F3N3O3. The maximum atomic E-state index is 13.8. The van der Waals surface area contributed by atoms with Crippen LogP contribution in [0.2, 0.25) is 0 Å².